The average molecular weight is 259 g/mol. The zero-order valence-electron chi connectivity index (χ0n) is 11.8. The first kappa shape index (κ1) is 17.1. The number of esters is 1. The van der Waals surface area contributed by atoms with E-state index in [4.69, 9.17) is 9.47 Å². The molecule has 5 nitrogen and oxygen atoms in total. The summed E-state index contributed by atoms with van der Waals surface area (Å²) in [6, 6.07) is -0.455. The molecule has 0 bridgehead atoms. The van der Waals surface area contributed by atoms with Crippen LogP contribution in [-0.4, -0.2) is 43.7 Å². The van der Waals surface area contributed by atoms with Gasteiger partial charge in [0.25, 0.3) is 0 Å². The minimum atomic E-state index is -0.455. The lowest BCUT2D eigenvalue weighted by Gasteiger charge is -2.15. The smallest absolute Gasteiger partial charge is 0.307 e. The molecule has 0 aromatic heterocycles. The molecular formula is C13H25NO4. The zero-order valence-corrected chi connectivity index (χ0v) is 11.8. The number of carbonyl (C=O) groups excluding carboxylic acids is 2. The second-order valence-electron chi connectivity index (χ2n) is 4.40. The lowest BCUT2D eigenvalue weighted by Crippen LogP contribution is -2.38. The Hall–Kier alpha value is -0.940. The lowest BCUT2D eigenvalue weighted by atomic mass is 10.1. The maximum absolute atomic E-state index is 11.4. The second-order valence-corrected chi connectivity index (χ2v) is 4.40. The van der Waals surface area contributed by atoms with Crippen molar-refractivity contribution in [3.8, 4) is 0 Å². The van der Waals surface area contributed by atoms with Crippen LogP contribution in [0.5, 0.6) is 0 Å². The molecule has 0 saturated heterocycles. The number of ketones is 1. The number of rotatable bonds is 10. The summed E-state index contributed by atoms with van der Waals surface area (Å²) >= 11 is 0. The molecule has 1 N–H and O–H groups in total. The Bertz CT molecular complexity index is 253. The first-order chi connectivity index (χ1) is 8.47. The SMILES string of the molecule is CCOC(=O)CC(NCCCOC(C)C)C(C)=O. The maximum Gasteiger partial charge on any atom is 0.307 e. The van der Waals surface area contributed by atoms with Crippen LogP contribution in [0, 0.1) is 0 Å². The van der Waals surface area contributed by atoms with E-state index in [1.165, 1.54) is 6.92 Å². The topological polar surface area (TPSA) is 64.6 Å². The minimum absolute atomic E-state index is 0.0483. The molecule has 1 atom stereocenters. The molecule has 0 aromatic carbocycles. The summed E-state index contributed by atoms with van der Waals surface area (Å²) < 4.78 is 10.2. The van der Waals surface area contributed by atoms with Gasteiger partial charge in [-0.25, -0.2) is 0 Å². The predicted molar refractivity (Wildman–Crippen MR) is 69.4 cm³/mol. The third-order valence-electron chi connectivity index (χ3n) is 2.33. The van der Waals surface area contributed by atoms with Crippen LogP contribution in [0.1, 0.15) is 40.5 Å². The standard InChI is InChI=1S/C13H25NO4/c1-5-17-13(16)9-12(11(4)15)14-7-6-8-18-10(2)3/h10,12,14H,5-9H2,1-4H3. The first-order valence-electron chi connectivity index (χ1n) is 6.48. The third-order valence-corrected chi connectivity index (χ3v) is 2.33. The van der Waals surface area contributed by atoms with Gasteiger partial charge in [-0.05, 0) is 40.7 Å². The van der Waals surface area contributed by atoms with E-state index in [1.54, 1.807) is 6.92 Å². The highest BCUT2D eigenvalue weighted by Crippen LogP contribution is 1.98. The molecule has 0 radical (unpaired) electrons. The van der Waals surface area contributed by atoms with Gasteiger partial charge < -0.3 is 14.8 Å². The quantitative estimate of drug-likeness (QED) is 0.473. The van der Waals surface area contributed by atoms with Gasteiger partial charge >= 0.3 is 5.97 Å². The number of Topliss-reactive ketones (excluding diaryl/α,β-unsaturated/α-hetero) is 1. The van der Waals surface area contributed by atoms with Gasteiger partial charge in [-0.15, -0.1) is 0 Å². The maximum atomic E-state index is 11.4. The van der Waals surface area contributed by atoms with Gasteiger partial charge in [0.2, 0.25) is 0 Å². The number of hydrogen-bond acceptors (Lipinski definition) is 5. The van der Waals surface area contributed by atoms with Crippen molar-refractivity contribution in [1.29, 1.82) is 0 Å². The Morgan fingerprint density at radius 2 is 1.94 bits per heavy atom. The van der Waals surface area contributed by atoms with Crippen LogP contribution in [0.3, 0.4) is 0 Å². The molecule has 0 aliphatic heterocycles. The summed E-state index contributed by atoms with van der Waals surface area (Å²) in [5.74, 6) is -0.392. The molecule has 0 rings (SSSR count). The molecule has 0 amide bonds. The number of carbonyl (C=O) groups is 2. The minimum Gasteiger partial charge on any atom is -0.466 e. The van der Waals surface area contributed by atoms with Gasteiger partial charge in [0.05, 0.1) is 25.2 Å². The molecule has 0 aromatic rings. The summed E-state index contributed by atoms with van der Waals surface area (Å²) in [5.41, 5.74) is 0. The predicted octanol–water partition coefficient (Wildman–Crippen LogP) is 1.30. The van der Waals surface area contributed by atoms with Crippen molar-refractivity contribution in [1.82, 2.24) is 5.32 Å². The molecule has 0 saturated carbocycles. The van der Waals surface area contributed by atoms with Crippen molar-refractivity contribution in [3.63, 3.8) is 0 Å². The summed E-state index contributed by atoms with van der Waals surface area (Å²) in [6.45, 7) is 8.81. The van der Waals surface area contributed by atoms with Gasteiger partial charge in [-0.1, -0.05) is 0 Å². The Kier molecular flexibility index (Phi) is 9.50. The van der Waals surface area contributed by atoms with Gasteiger partial charge in [-0.3, -0.25) is 9.59 Å². The van der Waals surface area contributed by atoms with Crippen molar-refractivity contribution in [2.75, 3.05) is 19.8 Å². The van der Waals surface area contributed by atoms with E-state index >= 15 is 0 Å². The molecule has 0 spiro atoms. The lowest BCUT2D eigenvalue weighted by molar-refractivity contribution is -0.145. The summed E-state index contributed by atoms with van der Waals surface area (Å²) in [7, 11) is 0. The molecule has 18 heavy (non-hydrogen) atoms. The molecule has 0 aliphatic carbocycles. The monoisotopic (exact) mass is 259 g/mol. The molecule has 0 heterocycles. The Labute approximate surface area is 109 Å². The highest BCUT2D eigenvalue weighted by Gasteiger charge is 2.18. The van der Waals surface area contributed by atoms with Crippen LogP contribution >= 0.6 is 0 Å². The molecule has 106 valence electrons. The van der Waals surface area contributed by atoms with Crippen molar-refractivity contribution < 1.29 is 19.1 Å². The third kappa shape index (κ3) is 9.13. The van der Waals surface area contributed by atoms with Gasteiger partial charge in [-0.2, -0.15) is 0 Å². The largest absolute Gasteiger partial charge is 0.466 e. The summed E-state index contributed by atoms with van der Waals surface area (Å²) in [5, 5.41) is 3.05. The fraction of sp³-hybridized carbons (Fsp3) is 0.846. The number of hydrogen-bond donors (Lipinski definition) is 1. The van der Waals surface area contributed by atoms with Crippen molar-refractivity contribution in [2.24, 2.45) is 0 Å². The van der Waals surface area contributed by atoms with E-state index in [0.29, 0.717) is 19.8 Å². The molecule has 0 aliphatic rings. The van der Waals surface area contributed by atoms with E-state index in [1.807, 2.05) is 13.8 Å². The van der Waals surface area contributed by atoms with Crippen LogP contribution in [0.4, 0.5) is 0 Å². The zero-order chi connectivity index (χ0) is 14.0. The Balaban J connectivity index is 3.84. The average Bonchev–Trinajstić information content (AvgIpc) is 2.26. The highest BCUT2D eigenvalue weighted by molar-refractivity contribution is 5.86. The molecule has 1 unspecified atom stereocenters. The second kappa shape index (κ2) is 10.0. The number of ether oxygens (including phenoxy) is 2. The van der Waals surface area contributed by atoms with Gasteiger partial charge in [0, 0.05) is 6.61 Å². The van der Waals surface area contributed by atoms with E-state index in [2.05, 4.69) is 5.32 Å². The fourth-order valence-corrected chi connectivity index (χ4v) is 1.41. The molecular weight excluding hydrogens is 234 g/mol. The summed E-state index contributed by atoms with van der Waals surface area (Å²) in [6.07, 6.45) is 1.12. The number of nitrogens with one attached hydrogen (secondary N) is 1. The molecule has 5 heteroatoms. The van der Waals surface area contributed by atoms with Crippen molar-refractivity contribution in [2.45, 2.75) is 52.7 Å². The van der Waals surface area contributed by atoms with Crippen LogP contribution < -0.4 is 5.32 Å². The van der Waals surface area contributed by atoms with Crippen LogP contribution in [0.2, 0.25) is 0 Å². The Morgan fingerprint density at radius 1 is 1.28 bits per heavy atom. The molecule has 0 fully saturated rings. The van der Waals surface area contributed by atoms with Gasteiger partial charge in [0.15, 0.2) is 0 Å². The normalized spacial score (nSPS) is 12.5. The summed E-state index contributed by atoms with van der Waals surface area (Å²) in [4.78, 5) is 22.7. The first-order valence-corrected chi connectivity index (χ1v) is 6.48. The van der Waals surface area contributed by atoms with Crippen LogP contribution in [-0.2, 0) is 19.1 Å². The Morgan fingerprint density at radius 3 is 2.44 bits per heavy atom. The van der Waals surface area contributed by atoms with E-state index in [-0.39, 0.29) is 24.3 Å². The van der Waals surface area contributed by atoms with Crippen LogP contribution in [0.25, 0.3) is 0 Å². The van der Waals surface area contributed by atoms with E-state index in [0.717, 1.165) is 6.42 Å². The van der Waals surface area contributed by atoms with Crippen LogP contribution in [0.15, 0.2) is 0 Å². The van der Waals surface area contributed by atoms with E-state index < -0.39 is 6.04 Å². The fourth-order valence-electron chi connectivity index (χ4n) is 1.41. The van der Waals surface area contributed by atoms with E-state index in [9.17, 15) is 9.59 Å². The highest BCUT2D eigenvalue weighted by atomic mass is 16.5. The van der Waals surface area contributed by atoms with Gasteiger partial charge in [0.1, 0.15) is 5.78 Å². The van der Waals surface area contributed by atoms with Crippen molar-refractivity contribution >= 4 is 11.8 Å². The van der Waals surface area contributed by atoms with Crippen molar-refractivity contribution in [3.05, 3.63) is 0 Å².